The second kappa shape index (κ2) is 8.00. The molecule has 0 aliphatic carbocycles. The molecule has 1 atom stereocenters. The van der Waals surface area contributed by atoms with Gasteiger partial charge in [-0.15, -0.1) is 5.10 Å². The average molecular weight is 416 g/mol. The average Bonchev–Trinajstić information content (AvgIpc) is 3.21. The molecule has 1 saturated heterocycles. The van der Waals surface area contributed by atoms with Gasteiger partial charge in [0.15, 0.2) is 0 Å². The number of fused-ring (bicyclic) bond motifs is 1. The fourth-order valence-corrected chi connectivity index (χ4v) is 4.92. The van der Waals surface area contributed by atoms with Gasteiger partial charge in [0.1, 0.15) is 11.6 Å². The first-order valence-corrected chi connectivity index (χ1v) is 10.6. The number of thiazole rings is 1. The second-order valence-electron chi connectivity index (χ2n) is 7.09. The minimum absolute atomic E-state index is 0.0967. The van der Waals surface area contributed by atoms with Crippen molar-refractivity contribution in [1.82, 2.24) is 24.4 Å². The molecule has 0 bridgehead atoms. The molecule has 154 valence electrons. The molecule has 9 heteroatoms. The van der Waals surface area contributed by atoms with Gasteiger partial charge < -0.3 is 14.7 Å². The fraction of sp³-hybridized carbons (Fsp3) is 0.450. The summed E-state index contributed by atoms with van der Waals surface area (Å²) >= 11 is 1.45. The van der Waals surface area contributed by atoms with Gasteiger partial charge in [-0.05, 0) is 31.5 Å². The van der Waals surface area contributed by atoms with E-state index in [9.17, 15) is 9.90 Å². The number of aryl methyl sites for hydroxylation is 1. The van der Waals surface area contributed by atoms with E-state index in [-0.39, 0.29) is 17.8 Å². The highest BCUT2D eigenvalue weighted by molar-refractivity contribution is 7.17. The number of ether oxygens (including phenoxy) is 1. The molecule has 0 radical (unpaired) electrons. The van der Waals surface area contributed by atoms with Gasteiger partial charge in [-0.3, -0.25) is 9.69 Å². The maximum Gasteiger partial charge on any atom is 0.230 e. The Balaban J connectivity index is 1.71. The van der Waals surface area contributed by atoms with Gasteiger partial charge in [0.25, 0.3) is 0 Å². The number of nitrogens with zero attached hydrogens (tertiary/aromatic N) is 5. The molecule has 1 aliphatic rings. The van der Waals surface area contributed by atoms with Crippen molar-refractivity contribution in [2.75, 3.05) is 32.8 Å². The molecule has 2 aromatic heterocycles. The van der Waals surface area contributed by atoms with E-state index in [1.54, 1.807) is 6.92 Å². The largest absolute Gasteiger partial charge is 0.494 e. The summed E-state index contributed by atoms with van der Waals surface area (Å²) in [5.41, 5.74) is 1.06. The molecular formula is C20H25N5O3S. The zero-order valence-electron chi connectivity index (χ0n) is 16.8. The third kappa shape index (κ3) is 3.79. The number of aromatic nitrogens is 3. The van der Waals surface area contributed by atoms with Gasteiger partial charge in [-0.2, -0.15) is 4.52 Å². The van der Waals surface area contributed by atoms with Gasteiger partial charge in [-0.1, -0.05) is 23.5 Å². The molecular weight excluding hydrogens is 390 g/mol. The van der Waals surface area contributed by atoms with Crippen molar-refractivity contribution >= 4 is 22.2 Å². The summed E-state index contributed by atoms with van der Waals surface area (Å²) in [6.07, 6.45) is 0. The van der Waals surface area contributed by atoms with E-state index in [1.165, 1.54) is 15.9 Å². The smallest absolute Gasteiger partial charge is 0.230 e. The molecule has 1 aliphatic heterocycles. The zero-order valence-corrected chi connectivity index (χ0v) is 17.6. The lowest BCUT2D eigenvalue weighted by Gasteiger charge is -2.38. The van der Waals surface area contributed by atoms with Crippen molar-refractivity contribution in [3.63, 3.8) is 0 Å². The number of carbonyl (C=O) groups is 1. The lowest BCUT2D eigenvalue weighted by molar-refractivity contribution is -0.130. The second-order valence-corrected chi connectivity index (χ2v) is 8.10. The minimum atomic E-state index is -0.145. The molecule has 4 rings (SSSR count). The number of rotatable bonds is 5. The van der Waals surface area contributed by atoms with Crippen molar-refractivity contribution in [2.45, 2.75) is 26.8 Å². The first-order chi connectivity index (χ1) is 14.0. The standard InChI is InChI=1S/C20H25N5O3S/c1-4-28-16-7-5-15(6-8-16)17(24-11-9-23(10-12-24)14(3)26)18-19(27)25-20(29-18)21-13(2)22-25/h5-8,17,27H,4,9-12H2,1-3H3/t17-/m1/s1. The predicted octanol–water partition coefficient (Wildman–Crippen LogP) is 2.46. The third-order valence-electron chi connectivity index (χ3n) is 5.19. The van der Waals surface area contributed by atoms with Crippen LogP contribution in [0.4, 0.5) is 0 Å². The summed E-state index contributed by atoms with van der Waals surface area (Å²) < 4.78 is 7.08. The molecule has 1 aromatic carbocycles. The number of benzene rings is 1. The van der Waals surface area contributed by atoms with Crippen LogP contribution in [0.25, 0.3) is 4.96 Å². The van der Waals surface area contributed by atoms with Crippen molar-refractivity contribution in [1.29, 1.82) is 0 Å². The highest BCUT2D eigenvalue weighted by atomic mass is 32.1. The van der Waals surface area contributed by atoms with Crippen molar-refractivity contribution in [2.24, 2.45) is 0 Å². The van der Waals surface area contributed by atoms with Crippen LogP contribution in [-0.4, -0.2) is 68.2 Å². The molecule has 0 spiro atoms. The van der Waals surface area contributed by atoms with E-state index in [0.29, 0.717) is 30.5 Å². The molecule has 3 aromatic rings. The van der Waals surface area contributed by atoms with Crippen LogP contribution in [-0.2, 0) is 4.79 Å². The van der Waals surface area contributed by atoms with Crippen LogP contribution in [0.15, 0.2) is 24.3 Å². The number of piperazine rings is 1. The first kappa shape index (κ1) is 19.7. The normalized spacial score (nSPS) is 16.3. The van der Waals surface area contributed by atoms with Crippen LogP contribution in [0.5, 0.6) is 11.6 Å². The van der Waals surface area contributed by atoms with Crippen LogP contribution >= 0.6 is 11.3 Å². The van der Waals surface area contributed by atoms with Crippen LogP contribution in [0.1, 0.15) is 36.2 Å². The van der Waals surface area contributed by atoms with E-state index in [1.807, 2.05) is 43.0 Å². The summed E-state index contributed by atoms with van der Waals surface area (Å²) in [6, 6.07) is 7.83. The lowest BCUT2D eigenvalue weighted by Crippen LogP contribution is -2.49. The van der Waals surface area contributed by atoms with Crippen LogP contribution in [0.2, 0.25) is 0 Å². The van der Waals surface area contributed by atoms with Crippen molar-refractivity contribution in [3.8, 4) is 11.6 Å². The zero-order chi connectivity index (χ0) is 20.5. The summed E-state index contributed by atoms with van der Waals surface area (Å²) in [7, 11) is 0. The molecule has 1 N–H and O–H groups in total. The van der Waals surface area contributed by atoms with Crippen LogP contribution in [0, 0.1) is 6.92 Å². The molecule has 1 fully saturated rings. The van der Waals surface area contributed by atoms with Gasteiger partial charge >= 0.3 is 0 Å². The lowest BCUT2D eigenvalue weighted by atomic mass is 10.0. The number of carbonyl (C=O) groups excluding carboxylic acids is 1. The van der Waals surface area contributed by atoms with E-state index in [0.717, 1.165) is 29.3 Å². The summed E-state index contributed by atoms with van der Waals surface area (Å²) in [6.45, 7) is 8.78. The molecule has 3 heterocycles. The molecule has 0 unspecified atom stereocenters. The van der Waals surface area contributed by atoms with Crippen LogP contribution < -0.4 is 4.74 Å². The molecule has 1 amide bonds. The highest BCUT2D eigenvalue weighted by Gasteiger charge is 2.32. The highest BCUT2D eigenvalue weighted by Crippen LogP contribution is 2.40. The molecule has 29 heavy (non-hydrogen) atoms. The Hall–Kier alpha value is -2.65. The molecule has 8 nitrogen and oxygen atoms in total. The number of aromatic hydroxyl groups is 1. The van der Waals surface area contributed by atoms with Crippen molar-refractivity contribution in [3.05, 3.63) is 40.5 Å². The van der Waals surface area contributed by atoms with Crippen molar-refractivity contribution < 1.29 is 14.6 Å². The Labute approximate surface area is 173 Å². The van der Waals surface area contributed by atoms with E-state index in [4.69, 9.17) is 4.74 Å². The Bertz CT molecular complexity index is 1010. The van der Waals surface area contributed by atoms with Gasteiger partial charge in [0.05, 0.1) is 17.5 Å². The van der Waals surface area contributed by atoms with Gasteiger partial charge in [0, 0.05) is 33.1 Å². The Kier molecular flexibility index (Phi) is 5.42. The third-order valence-corrected chi connectivity index (χ3v) is 6.26. The van der Waals surface area contributed by atoms with E-state index < -0.39 is 0 Å². The Morgan fingerprint density at radius 3 is 2.52 bits per heavy atom. The number of hydrogen-bond donors (Lipinski definition) is 1. The topological polar surface area (TPSA) is 83.2 Å². The number of hydrogen-bond acceptors (Lipinski definition) is 7. The van der Waals surface area contributed by atoms with Gasteiger partial charge in [-0.25, -0.2) is 4.98 Å². The fourth-order valence-electron chi connectivity index (χ4n) is 3.76. The summed E-state index contributed by atoms with van der Waals surface area (Å²) in [5, 5.41) is 15.2. The number of amides is 1. The minimum Gasteiger partial charge on any atom is -0.494 e. The van der Waals surface area contributed by atoms with Crippen LogP contribution in [0.3, 0.4) is 0 Å². The quantitative estimate of drug-likeness (QED) is 0.689. The Morgan fingerprint density at radius 2 is 1.93 bits per heavy atom. The maximum atomic E-state index is 11.7. The SMILES string of the molecule is CCOc1ccc([C@H](c2sc3nc(C)nn3c2O)N2CCN(C(C)=O)CC2)cc1. The monoisotopic (exact) mass is 415 g/mol. The van der Waals surface area contributed by atoms with E-state index >= 15 is 0 Å². The first-order valence-electron chi connectivity index (χ1n) is 9.75. The Morgan fingerprint density at radius 1 is 1.24 bits per heavy atom. The van der Waals surface area contributed by atoms with E-state index in [2.05, 4.69) is 15.0 Å². The summed E-state index contributed by atoms with van der Waals surface area (Å²) in [4.78, 5) is 21.8. The van der Waals surface area contributed by atoms with Gasteiger partial charge in [0.2, 0.25) is 16.7 Å². The predicted molar refractivity (Wildman–Crippen MR) is 111 cm³/mol. The summed E-state index contributed by atoms with van der Waals surface area (Å²) in [5.74, 6) is 1.67. The molecule has 0 saturated carbocycles. The maximum absolute atomic E-state index is 11.7.